The Morgan fingerprint density at radius 3 is 1.59 bits per heavy atom. The van der Waals surface area contributed by atoms with Crippen molar-refractivity contribution in [3.63, 3.8) is 0 Å². The largest absolute Gasteiger partial charge is 0.456 e. The highest BCUT2D eigenvalue weighted by Gasteiger charge is 2.29. The Morgan fingerprint density at radius 1 is 0.821 bits per heavy atom. The van der Waals surface area contributed by atoms with E-state index in [2.05, 4.69) is 10.1 Å². The lowest BCUT2D eigenvalue weighted by atomic mass is 9.90. The Hall–Kier alpha value is -2.57. The summed E-state index contributed by atoms with van der Waals surface area (Å²) in [6.07, 6.45) is -2.66. The predicted octanol–water partition coefficient (Wildman–Crippen LogP) is 2.72. The number of nitrogens with one attached hydrogen (secondary N) is 1. The number of carbonyl (C=O) groups excluding carboxylic acids is 4. The van der Waals surface area contributed by atoms with Crippen LogP contribution < -0.4 is 5.32 Å². The maximum Gasteiger partial charge on any atom is 0.303 e. The average molecular weight is 579 g/mol. The van der Waals surface area contributed by atoms with E-state index in [-0.39, 0.29) is 46.6 Å². The lowest BCUT2D eigenvalue weighted by molar-refractivity contribution is -0.144. The van der Waals surface area contributed by atoms with E-state index in [9.17, 15) is 39.6 Å². The molecule has 0 saturated carbocycles. The SMILES string of the molecule is CC.CC.CC.CC(=O)OCC(=O)Nc1c(C)c(C(=O)Cl)c(C)c(C(=O)N(CC(O)CO)CC(O)CO)c1C. The van der Waals surface area contributed by atoms with E-state index < -0.39 is 55.1 Å². The normalized spacial score (nSPS) is 11.2. The topological polar surface area (TPSA) is 174 Å². The zero-order valence-corrected chi connectivity index (χ0v) is 25.6. The molecule has 0 bridgehead atoms. The number of ether oxygens (including phenoxy) is 1. The first-order chi connectivity index (χ1) is 18.3. The maximum absolute atomic E-state index is 13.4. The molecule has 0 aliphatic carbocycles. The number of anilines is 1. The van der Waals surface area contributed by atoms with Gasteiger partial charge in [0.15, 0.2) is 6.61 Å². The number of amides is 2. The molecule has 226 valence electrons. The van der Waals surface area contributed by atoms with E-state index in [1.54, 1.807) is 0 Å². The number of rotatable bonds is 11. The molecule has 2 atom stereocenters. The molecule has 0 heterocycles. The standard InChI is InChI=1S/C21H29ClN2O9.3C2H6/c1-10-17(20(22)31)11(2)19(23-16(30)9-33-13(4)27)12(3)18(10)21(32)24(5-14(28)7-25)6-15(29)8-26;3*1-2/h14-15,25-26,28-29H,5-9H2,1-4H3,(H,23,30);3*1-2H3. The third kappa shape index (κ3) is 13.4. The van der Waals surface area contributed by atoms with Crippen molar-refractivity contribution in [2.45, 2.75) is 81.4 Å². The summed E-state index contributed by atoms with van der Waals surface area (Å²) >= 11 is 5.76. The average Bonchev–Trinajstić information content (AvgIpc) is 2.92. The Kier molecular flexibility index (Phi) is 23.4. The molecule has 0 aliphatic heterocycles. The molecule has 11 nitrogen and oxygen atoms in total. The number of hydrogen-bond acceptors (Lipinski definition) is 9. The number of aliphatic hydroxyl groups excluding tert-OH is 4. The van der Waals surface area contributed by atoms with Crippen LogP contribution in [0, 0.1) is 20.8 Å². The van der Waals surface area contributed by atoms with E-state index in [1.165, 1.54) is 20.8 Å². The molecular weight excluding hydrogens is 532 g/mol. The van der Waals surface area contributed by atoms with Crippen molar-refractivity contribution >= 4 is 40.3 Å². The molecule has 1 aromatic carbocycles. The van der Waals surface area contributed by atoms with Gasteiger partial charge >= 0.3 is 5.97 Å². The number of aliphatic hydroxyl groups is 4. The van der Waals surface area contributed by atoms with Crippen LogP contribution in [0.1, 0.15) is 85.9 Å². The molecule has 12 heteroatoms. The van der Waals surface area contributed by atoms with Gasteiger partial charge in [0.25, 0.3) is 17.1 Å². The first-order valence-corrected chi connectivity index (χ1v) is 13.4. The van der Waals surface area contributed by atoms with Gasteiger partial charge in [0, 0.05) is 36.8 Å². The van der Waals surface area contributed by atoms with Crippen molar-refractivity contribution in [3.8, 4) is 0 Å². The molecule has 0 radical (unpaired) electrons. The summed E-state index contributed by atoms with van der Waals surface area (Å²) in [6, 6.07) is 0. The lowest BCUT2D eigenvalue weighted by Gasteiger charge is -2.29. The number of carbonyl (C=O) groups is 4. The zero-order valence-electron chi connectivity index (χ0n) is 24.8. The van der Waals surface area contributed by atoms with Crippen LogP contribution in [0.5, 0.6) is 0 Å². The van der Waals surface area contributed by atoms with Crippen molar-refractivity contribution in [1.29, 1.82) is 0 Å². The summed E-state index contributed by atoms with van der Waals surface area (Å²) in [7, 11) is 0. The molecule has 1 rings (SSSR count). The molecule has 0 spiro atoms. The fourth-order valence-electron chi connectivity index (χ4n) is 3.39. The number of esters is 1. The molecule has 0 aromatic heterocycles. The Labute approximate surface area is 237 Å². The van der Waals surface area contributed by atoms with Gasteiger partial charge in [0.05, 0.1) is 25.4 Å². The summed E-state index contributed by atoms with van der Waals surface area (Å²) in [5, 5.41) is 39.7. The molecular formula is C27H47ClN2O9. The molecule has 2 unspecified atom stereocenters. The zero-order chi connectivity index (χ0) is 31.5. The second kappa shape index (κ2) is 22.3. The van der Waals surface area contributed by atoms with Crippen LogP contribution in [-0.2, 0) is 14.3 Å². The van der Waals surface area contributed by atoms with Crippen molar-refractivity contribution in [3.05, 3.63) is 27.8 Å². The van der Waals surface area contributed by atoms with Gasteiger partial charge in [-0.25, -0.2) is 0 Å². The minimum Gasteiger partial charge on any atom is -0.456 e. The fourth-order valence-corrected chi connectivity index (χ4v) is 3.67. The molecule has 0 saturated heterocycles. The molecule has 2 amide bonds. The third-order valence-corrected chi connectivity index (χ3v) is 5.09. The quantitative estimate of drug-likeness (QED) is 0.195. The maximum atomic E-state index is 13.4. The number of halogens is 1. The Bertz CT molecular complexity index is 911. The van der Waals surface area contributed by atoms with Gasteiger partial charge in [-0.15, -0.1) is 0 Å². The van der Waals surface area contributed by atoms with E-state index in [4.69, 9.17) is 11.6 Å². The van der Waals surface area contributed by atoms with Crippen LogP contribution in [0.15, 0.2) is 0 Å². The van der Waals surface area contributed by atoms with Crippen LogP contribution in [0.25, 0.3) is 0 Å². The molecule has 5 N–H and O–H groups in total. The van der Waals surface area contributed by atoms with Gasteiger partial charge in [0.2, 0.25) is 0 Å². The molecule has 0 aliphatic rings. The van der Waals surface area contributed by atoms with Gasteiger partial charge in [-0.05, 0) is 49.1 Å². The highest BCUT2D eigenvalue weighted by molar-refractivity contribution is 6.68. The van der Waals surface area contributed by atoms with Gasteiger partial charge in [-0.2, -0.15) is 0 Å². The fraction of sp³-hybridized carbons (Fsp3) is 0.630. The second-order valence-electron chi connectivity index (χ2n) is 7.49. The van der Waals surface area contributed by atoms with Crippen LogP contribution in [0.3, 0.4) is 0 Å². The van der Waals surface area contributed by atoms with Crippen molar-refractivity contribution in [2.75, 3.05) is 38.2 Å². The van der Waals surface area contributed by atoms with Gasteiger partial charge in [0.1, 0.15) is 0 Å². The Balaban J connectivity index is -0.00000201. The molecule has 0 fully saturated rings. The van der Waals surface area contributed by atoms with Gasteiger partial charge < -0.3 is 35.4 Å². The van der Waals surface area contributed by atoms with E-state index >= 15 is 0 Å². The van der Waals surface area contributed by atoms with Crippen LogP contribution >= 0.6 is 11.6 Å². The van der Waals surface area contributed by atoms with Crippen LogP contribution in [0.2, 0.25) is 0 Å². The first-order valence-electron chi connectivity index (χ1n) is 13.0. The van der Waals surface area contributed by atoms with Crippen molar-refractivity contribution in [1.82, 2.24) is 4.90 Å². The van der Waals surface area contributed by atoms with Crippen molar-refractivity contribution < 1.29 is 44.3 Å². The highest BCUT2D eigenvalue weighted by atomic mass is 35.5. The number of nitrogens with zero attached hydrogens (tertiary/aromatic N) is 1. The molecule has 1 aromatic rings. The Morgan fingerprint density at radius 2 is 1.23 bits per heavy atom. The van der Waals surface area contributed by atoms with Gasteiger partial charge in [-0.3, -0.25) is 19.2 Å². The highest BCUT2D eigenvalue weighted by Crippen LogP contribution is 2.33. The summed E-state index contributed by atoms with van der Waals surface area (Å²) in [4.78, 5) is 49.8. The predicted molar refractivity (Wildman–Crippen MR) is 152 cm³/mol. The summed E-state index contributed by atoms with van der Waals surface area (Å²) < 4.78 is 4.66. The van der Waals surface area contributed by atoms with Crippen molar-refractivity contribution in [2.24, 2.45) is 0 Å². The van der Waals surface area contributed by atoms with Crippen LogP contribution in [-0.4, -0.2) is 93.5 Å². The summed E-state index contributed by atoms with van der Waals surface area (Å²) in [6.45, 7) is 15.0. The summed E-state index contributed by atoms with van der Waals surface area (Å²) in [5.74, 6) is -2.12. The monoisotopic (exact) mass is 578 g/mol. The minimum atomic E-state index is -1.33. The lowest BCUT2D eigenvalue weighted by Crippen LogP contribution is -2.44. The van der Waals surface area contributed by atoms with Crippen LogP contribution in [0.4, 0.5) is 5.69 Å². The second-order valence-corrected chi connectivity index (χ2v) is 7.83. The van der Waals surface area contributed by atoms with Gasteiger partial charge in [-0.1, -0.05) is 41.5 Å². The van der Waals surface area contributed by atoms with E-state index in [0.717, 1.165) is 11.8 Å². The summed E-state index contributed by atoms with van der Waals surface area (Å²) in [5.41, 5.74) is 0.803. The molecule has 39 heavy (non-hydrogen) atoms. The third-order valence-electron chi connectivity index (χ3n) is 4.90. The first kappa shape index (κ1) is 40.9. The van der Waals surface area contributed by atoms with E-state index in [0.29, 0.717) is 0 Å². The number of benzene rings is 1. The van der Waals surface area contributed by atoms with E-state index in [1.807, 2.05) is 41.5 Å². The number of hydrogen-bond donors (Lipinski definition) is 5. The minimum absolute atomic E-state index is 0.0253. The smallest absolute Gasteiger partial charge is 0.303 e.